The summed E-state index contributed by atoms with van der Waals surface area (Å²) >= 11 is 0. The fourth-order valence-corrected chi connectivity index (χ4v) is 4.16. The lowest BCUT2D eigenvalue weighted by atomic mass is 10.1. The molecule has 1 aromatic carbocycles. The number of hydrogen-bond acceptors (Lipinski definition) is 7. The molecule has 4 atom stereocenters. The van der Waals surface area contributed by atoms with E-state index in [2.05, 4.69) is 21.3 Å². The number of hydrogen-bond donors (Lipinski definition) is 4. The first-order chi connectivity index (χ1) is 17.5. The largest absolute Gasteiger partial charge is 0.423 e. The lowest BCUT2D eigenvalue weighted by Gasteiger charge is -2.28. The number of likely N-dealkylation sites (tertiary alicyclic amines) is 1. The van der Waals surface area contributed by atoms with Crippen LogP contribution in [-0.2, 0) is 24.0 Å². The summed E-state index contributed by atoms with van der Waals surface area (Å²) in [7, 11) is 0. The van der Waals surface area contributed by atoms with Crippen molar-refractivity contribution in [3.63, 3.8) is 0 Å². The van der Waals surface area contributed by atoms with Crippen LogP contribution in [0.5, 0.6) is 0 Å². The lowest BCUT2D eigenvalue weighted by molar-refractivity contribution is -0.141. The zero-order chi connectivity index (χ0) is 27.3. The number of aryl methyl sites for hydroxylation is 1. The molecule has 12 nitrogen and oxygen atoms in total. The van der Waals surface area contributed by atoms with E-state index < -0.39 is 53.4 Å². The van der Waals surface area contributed by atoms with E-state index >= 15 is 0 Å². The molecule has 37 heavy (non-hydrogen) atoms. The van der Waals surface area contributed by atoms with Gasteiger partial charge in [-0.05, 0) is 58.2 Å². The Morgan fingerprint density at radius 3 is 2.46 bits per heavy atom. The number of carbonyl (C=O) groups excluding carboxylic acids is 5. The van der Waals surface area contributed by atoms with E-state index in [1.54, 1.807) is 19.1 Å². The van der Waals surface area contributed by atoms with Crippen molar-refractivity contribution in [3.05, 3.63) is 40.2 Å². The molecule has 0 bridgehead atoms. The second-order valence-electron chi connectivity index (χ2n) is 9.11. The Bertz CT molecular complexity index is 1270. The van der Waals surface area contributed by atoms with Crippen molar-refractivity contribution in [2.24, 2.45) is 0 Å². The first-order valence-corrected chi connectivity index (χ1v) is 12.0. The Kier molecular flexibility index (Phi) is 8.64. The van der Waals surface area contributed by atoms with Gasteiger partial charge >= 0.3 is 5.63 Å². The van der Waals surface area contributed by atoms with Crippen LogP contribution in [0.25, 0.3) is 11.0 Å². The van der Waals surface area contributed by atoms with Gasteiger partial charge in [-0.25, -0.2) is 4.79 Å². The summed E-state index contributed by atoms with van der Waals surface area (Å²) in [5.74, 6) is -1.94. The zero-order valence-electron chi connectivity index (χ0n) is 21.1. The molecule has 2 heterocycles. The van der Waals surface area contributed by atoms with Gasteiger partial charge in [-0.1, -0.05) is 0 Å². The van der Waals surface area contributed by atoms with Crippen molar-refractivity contribution in [1.29, 1.82) is 0 Å². The highest BCUT2D eigenvalue weighted by atomic mass is 16.4. The molecule has 5 amide bonds. The Morgan fingerprint density at radius 2 is 1.76 bits per heavy atom. The normalized spacial score (nSPS) is 17.4. The van der Waals surface area contributed by atoms with E-state index in [0.29, 0.717) is 37.1 Å². The predicted octanol–water partition coefficient (Wildman–Crippen LogP) is 0.175. The van der Waals surface area contributed by atoms with Crippen molar-refractivity contribution >= 4 is 46.7 Å². The van der Waals surface area contributed by atoms with Gasteiger partial charge in [-0.3, -0.25) is 24.0 Å². The lowest BCUT2D eigenvalue weighted by Crippen LogP contribution is -2.56. The van der Waals surface area contributed by atoms with Crippen molar-refractivity contribution in [2.45, 2.75) is 64.7 Å². The molecule has 0 saturated carbocycles. The van der Waals surface area contributed by atoms with Gasteiger partial charge in [0.1, 0.15) is 29.8 Å². The summed E-state index contributed by atoms with van der Waals surface area (Å²) in [6.45, 7) is 6.62. The summed E-state index contributed by atoms with van der Waals surface area (Å²) in [5.41, 5.74) is 0.984. The Morgan fingerprint density at radius 1 is 1.03 bits per heavy atom. The van der Waals surface area contributed by atoms with Crippen LogP contribution in [0.1, 0.15) is 39.2 Å². The molecule has 1 aromatic heterocycles. The molecular weight excluding hydrogens is 482 g/mol. The molecule has 0 radical (unpaired) electrons. The molecule has 198 valence electrons. The van der Waals surface area contributed by atoms with Crippen LogP contribution in [0.3, 0.4) is 0 Å². The number of carbonyl (C=O) groups is 5. The van der Waals surface area contributed by atoms with E-state index in [0.717, 1.165) is 10.9 Å². The van der Waals surface area contributed by atoms with Gasteiger partial charge in [-0.15, -0.1) is 0 Å². The molecule has 2 aromatic rings. The third-order valence-corrected chi connectivity index (χ3v) is 6.25. The van der Waals surface area contributed by atoms with Gasteiger partial charge in [0, 0.05) is 29.8 Å². The van der Waals surface area contributed by atoms with Crippen LogP contribution in [0.4, 0.5) is 5.69 Å². The van der Waals surface area contributed by atoms with E-state index in [1.807, 2.05) is 0 Å². The Hall–Kier alpha value is -4.22. The average molecular weight is 514 g/mol. The van der Waals surface area contributed by atoms with Crippen LogP contribution in [0.2, 0.25) is 0 Å². The van der Waals surface area contributed by atoms with Gasteiger partial charge in [0.25, 0.3) is 0 Å². The molecule has 4 N–H and O–H groups in total. The fourth-order valence-electron chi connectivity index (χ4n) is 4.16. The Labute approximate surface area is 213 Å². The summed E-state index contributed by atoms with van der Waals surface area (Å²) in [6.07, 6.45) is 1.40. The third-order valence-electron chi connectivity index (χ3n) is 6.25. The van der Waals surface area contributed by atoms with E-state index in [9.17, 15) is 28.8 Å². The van der Waals surface area contributed by atoms with Gasteiger partial charge in [-0.2, -0.15) is 0 Å². The highest BCUT2D eigenvalue weighted by Gasteiger charge is 2.37. The first kappa shape index (κ1) is 27.4. The van der Waals surface area contributed by atoms with Crippen LogP contribution in [0, 0.1) is 6.92 Å². The molecule has 0 unspecified atom stereocenters. The number of rotatable bonds is 9. The molecule has 1 aliphatic heterocycles. The molecule has 1 aliphatic rings. The zero-order valence-corrected chi connectivity index (χ0v) is 21.1. The monoisotopic (exact) mass is 513 g/mol. The van der Waals surface area contributed by atoms with Crippen molar-refractivity contribution < 1.29 is 28.4 Å². The second-order valence-corrected chi connectivity index (χ2v) is 9.11. The van der Waals surface area contributed by atoms with Gasteiger partial charge in [0.2, 0.25) is 30.0 Å². The van der Waals surface area contributed by atoms with Crippen LogP contribution in [-0.4, -0.2) is 65.7 Å². The van der Waals surface area contributed by atoms with Gasteiger partial charge < -0.3 is 30.6 Å². The molecule has 0 spiro atoms. The second kappa shape index (κ2) is 11.7. The highest BCUT2D eigenvalue weighted by Crippen LogP contribution is 2.21. The molecular formula is C25H31N5O7. The highest BCUT2D eigenvalue weighted by molar-refractivity contribution is 6.00. The number of fused-ring (bicyclic) bond motifs is 1. The van der Waals surface area contributed by atoms with E-state index in [-0.39, 0.29) is 0 Å². The number of benzene rings is 1. The molecule has 12 heteroatoms. The van der Waals surface area contributed by atoms with Crippen LogP contribution in [0.15, 0.2) is 33.5 Å². The van der Waals surface area contributed by atoms with Gasteiger partial charge in [0.05, 0.1) is 0 Å². The topological polar surface area (TPSA) is 167 Å². The number of nitrogens with one attached hydrogen (secondary N) is 4. The quantitative estimate of drug-likeness (QED) is 0.274. The molecule has 3 rings (SSSR count). The molecule has 1 fully saturated rings. The number of nitrogens with zero attached hydrogens (tertiary/aromatic N) is 1. The smallest absolute Gasteiger partial charge is 0.336 e. The molecule has 0 aliphatic carbocycles. The first-order valence-electron chi connectivity index (χ1n) is 12.0. The van der Waals surface area contributed by atoms with E-state index in [1.165, 1.54) is 37.8 Å². The van der Waals surface area contributed by atoms with Crippen LogP contribution >= 0.6 is 0 Å². The number of anilines is 1. The third kappa shape index (κ3) is 6.51. The summed E-state index contributed by atoms with van der Waals surface area (Å²) in [5, 5.41) is 10.9. The van der Waals surface area contributed by atoms with E-state index in [4.69, 9.17) is 4.42 Å². The minimum atomic E-state index is -0.919. The SMILES string of the molecule is Cc1cc(=O)oc2cc(NC(=O)[C@H](C)NC(=O)[C@@H]3CCCN3C(=O)[C@H](C)NC(=O)[C@H](C)NC=O)ccc12. The summed E-state index contributed by atoms with van der Waals surface area (Å²) in [6, 6.07) is 2.89. The van der Waals surface area contributed by atoms with Gasteiger partial charge in [0.15, 0.2) is 0 Å². The minimum absolute atomic E-state index is 0.331. The Balaban J connectivity index is 1.60. The van der Waals surface area contributed by atoms with Crippen molar-refractivity contribution in [1.82, 2.24) is 20.9 Å². The predicted molar refractivity (Wildman–Crippen MR) is 134 cm³/mol. The van der Waals surface area contributed by atoms with Crippen molar-refractivity contribution in [3.8, 4) is 0 Å². The van der Waals surface area contributed by atoms with Crippen molar-refractivity contribution in [2.75, 3.05) is 11.9 Å². The standard InChI is InChI=1S/C25H31N5O7/c1-13-10-21(32)37-20-11-17(7-8-18(13)20)29-23(34)15(3)27-24(35)19-6-5-9-30(19)25(36)16(4)28-22(33)14(2)26-12-31/h7-8,10-12,14-16,19H,5-6,9H2,1-4H3,(H,26,31)(H,27,35)(H,28,33)(H,29,34)/t14-,15-,16-,19-/m0/s1. The minimum Gasteiger partial charge on any atom is -0.423 e. The maximum absolute atomic E-state index is 12.9. The maximum Gasteiger partial charge on any atom is 0.336 e. The van der Waals surface area contributed by atoms with Crippen LogP contribution < -0.4 is 26.9 Å². The summed E-state index contributed by atoms with van der Waals surface area (Å²) in [4.78, 5) is 74.3. The molecule has 1 saturated heterocycles. The summed E-state index contributed by atoms with van der Waals surface area (Å²) < 4.78 is 5.20. The fraction of sp³-hybridized carbons (Fsp3) is 0.440. The average Bonchev–Trinajstić information content (AvgIpc) is 3.33. The maximum atomic E-state index is 12.9. The number of amides is 5.